The quantitative estimate of drug-likeness (QED) is 0.413. The molecule has 0 aromatic heterocycles. The SMILES string of the molecule is CCC1COC(c2ccc3c(F)c(CCc4cc(F)c(Cl)c(F)c4)ccc3c2)OC1. The predicted molar refractivity (Wildman–Crippen MR) is 111 cm³/mol. The number of hydrogen-bond acceptors (Lipinski definition) is 2. The zero-order valence-corrected chi connectivity index (χ0v) is 17.3. The molecular formula is C24H22ClF3O2. The molecule has 0 N–H and O–H groups in total. The average Bonchev–Trinajstić information content (AvgIpc) is 2.76. The molecule has 0 amide bonds. The van der Waals surface area contributed by atoms with E-state index in [4.69, 9.17) is 21.1 Å². The van der Waals surface area contributed by atoms with Crippen LogP contribution in [0.4, 0.5) is 13.2 Å². The summed E-state index contributed by atoms with van der Waals surface area (Å²) in [4.78, 5) is 0. The number of rotatable bonds is 5. The molecule has 0 aliphatic carbocycles. The first-order valence-corrected chi connectivity index (χ1v) is 10.4. The summed E-state index contributed by atoms with van der Waals surface area (Å²) in [6.45, 7) is 3.41. The molecule has 0 radical (unpaired) electrons. The second-order valence-corrected chi connectivity index (χ2v) is 8.04. The minimum absolute atomic E-state index is 0.299. The van der Waals surface area contributed by atoms with E-state index in [0.717, 1.165) is 17.4 Å². The van der Waals surface area contributed by atoms with Gasteiger partial charge in [-0.2, -0.15) is 0 Å². The normalized spacial score (nSPS) is 19.4. The van der Waals surface area contributed by atoms with Gasteiger partial charge in [-0.1, -0.05) is 42.8 Å². The Hall–Kier alpha value is -2.08. The van der Waals surface area contributed by atoms with E-state index in [9.17, 15) is 8.78 Å². The van der Waals surface area contributed by atoms with Crippen molar-refractivity contribution in [3.8, 4) is 0 Å². The summed E-state index contributed by atoms with van der Waals surface area (Å²) in [5.74, 6) is -1.54. The highest BCUT2D eigenvalue weighted by Gasteiger charge is 2.23. The standard InChI is InChI=1S/C24H22ClF3O2/c1-2-14-12-29-24(30-13-14)18-7-8-19-17(11-18)6-5-16(23(19)28)4-3-15-9-20(26)22(25)21(27)10-15/h5-11,14,24H,2-4,12-13H2,1H3. The van der Waals surface area contributed by atoms with Gasteiger partial charge in [-0.15, -0.1) is 0 Å². The molecule has 0 unspecified atom stereocenters. The van der Waals surface area contributed by atoms with Crippen molar-refractivity contribution in [2.24, 2.45) is 5.92 Å². The van der Waals surface area contributed by atoms with Crippen LogP contribution in [0.2, 0.25) is 5.02 Å². The fourth-order valence-electron chi connectivity index (χ4n) is 3.70. The van der Waals surface area contributed by atoms with Crippen LogP contribution in [0.1, 0.15) is 36.3 Å². The second kappa shape index (κ2) is 8.96. The fraction of sp³-hybridized carbons (Fsp3) is 0.333. The number of fused-ring (bicyclic) bond motifs is 1. The molecule has 0 spiro atoms. The van der Waals surface area contributed by atoms with Gasteiger partial charge in [0, 0.05) is 16.9 Å². The molecule has 3 aromatic carbocycles. The molecule has 1 heterocycles. The van der Waals surface area contributed by atoms with Crippen LogP contribution >= 0.6 is 11.6 Å². The summed E-state index contributed by atoms with van der Waals surface area (Å²) in [7, 11) is 0. The maximum atomic E-state index is 15.0. The monoisotopic (exact) mass is 434 g/mol. The zero-order chi connectivity index (χ0) is 21.3. The first-order valence-electron chi connectivity index (χ1n) is 10.0. The van der Waals surface area contributed by atoms with Gasteiger partial charge >= 0.3 is 0 Å². The highest BCUT2D eigenvalue weighted by Crippen LogP contribution is 2.30. The van der Waals surface area contributed by atoms with Crippen LogP contribution in [0, 0.1) is 23.4 Å². The number of ether oxygens (including phenoxy) is 2. The molecule has 0 atom stereocenters. The Balaban J connectivity index is 1.51. The lowest BCUT2D eigenvalue weighted by Gasteiger charge is -2.29. The average molecular weight is 435 g/mol. The molecule has 4 rings (SSSR count). The van der Waals surface area contributed by atoms with Crippen molar-refractivity contribution >= 4 is 22.4 Å². The third kappa shape index (κ3) is 4.34. The van der Waals surface area contributed by atoms with Crippen molar-refractivity contribution in [2.75, 3.05) is 13.2 Å². The van der Waals surface area contributed by atoms with Crippen molar-refractivity contribution in [1.82, 2.24) is 0 Å². The molecule has 0 saturated carbocycles. The minimum Gasteiger partial charge on any atom is -0.348 e. The Bertz CT molecular complexity index is 1040. The molecular weight excluding hydrogens is 413 g/mol. The molecule has 1 fully saturated rings. The third-order valence-corrected chi connectivity index (χ3v) is 5.96. The van der Waals surface area contributed by atoms with E-state index in [-0.39, 0.29) is 5.82 Å². The van der Waals surface area contributed by atoms with Crippen LogP contribution < -0.4 is 0 Å². The Kier molecular flexibility index (Phi) is 6.32. The van der Waals surface area contributed by atoms with Gasteiger partial charge in [0.15, 0.2) is 6.29 Å². The lowest BCUT2D eigenvalue weighted by molar-refractivity contribution is -0.205. The number of benzene rings is 3. The van der Waals surface area contributed by atoms with Crippen molar-refractivity contribution in [1.29, 1.82) is 0 Å². The maximum Gasteiger partial charge on any atom is 0.183 e. The van der Waals surface area contributed by atoms with Crippen LogP contribution in [0.3, 0.4) is 0 Å². The molecule has 0 bridgehead atoms. The number of halogens is 4. The third-order valence-electron chi connectivity index (χ3n) is 5.60. The lowest BCUT2D eigenvalue weighted by atomic mass is 9.98. The van der Waals surface area contributed by atoms with Gasteiger partial charge in [-0.05, 0) is 54.0 Å². The van der Waals surface area contributed by atoms with Crippen LogP contribution in [-0.2, 0) is 22.3 Å². The van der Waals surface area contributed by atoms with E-state index in [2.05, 4.69) is 6.92 Å². The van der Waals surface area contributed by atoms with Gasteiger partial charge in [-0.3, -0.25) is 0 Å². The number of aryl methyl sites for hydroxylation is 2. The van der Waals surface area contributed by atoms with Crippen LogP contribution in [0.15, 0.2) is 42.5 Å². The first-order chi connectivity index (χ1) is 14.5. The Morgan fingerprint density at radius 1 is 0.933 bits per heavy atom. The summed E-state index contributed by atoms with van der Waals surface area (Å²) in [6, 6.07) is 11.3. The summed E-state index contributed by atoms with van der Waals surface area (Å²) in [5.41, 5.74) is 1.78. The Labute approximate surface area is 178 Å². The molecule has 6 heteroatoms. The second-order valence-electron chi connectivity index (χ2n) is 7.67. The van der Waals surface area contributed by atoms with Gasteiger partial charge in [0.05, 0.1) is 13.2 Å². The van der Waals surface area contributed by atoms with E-state index in [1.165, 1.54) is 12.1 Å². The molecule has 3 aromatic rings. The van der Waals surface area contributed by atoms with Crippen LogP contribution in [-0.4, -0.2) is 13.2 Å². The number of hydrogen-bond donors (Lipinski definition) is 0. The highest BCUT2D eigenvalue weighted by atomic mass is 35.5. The topological polar surface area (TPSA) is 18.5 Å². The molecule has 30 heavy (non-hydrogen) atoms. The summed E-state index contributed by atoms with van der Waals surface area (Å²) >= 11 is 5.51. The van der Waals surface area contributed by atoms with E-state index < -0.39 is 22.9 Å². The Morgan fingerprint density at radius 3 is 2.30 bits per heavy atom. The minimum atomic E-state index is -0.810. The summed E-state index contributed by atoms with van der Waals surface area (Å²) < 4.78 is 53.9. The van der Waals surface area contributed by atoms with Gasteiger partial charge in [-0.25, -0.2) is 13.2 Å². The van der Waals surface area contributed by atoms with E-state index in [1.54, 1.807) is 12.1 Å². The Morgan fingerprint density at radius 2 is 1.63 bits per heavy atom. The molecule has 1 saturated heterocycles. The van der Waals surface area contributed by atoms with Crippen molar-refractivity contribution in [3.05, 3.63) is 81.6 Å². The maximum absolute atomic E-state index is 15.0. The van der Waals surface area contributed by atoms with Crippen LogP contribution in [0.25, 0.3) is 10.8 Å². The van der Waals surface area contributed by atoms with Gasteiger partial charge in [0.2, 0.25) is 0 Å². The lowest BCUT2D eigenvalue weighted by Crippen LogP contribution is -2.26. The summed E-state index contributed by atoms with van der Waals surface area (Å²) in [6.07, 6.45) is 1.19. The zero-order valence-electron chi connectivity index (χ0n) is 16.6. The molecule has 1 aliphatic heterocycles. The molecule has 2 nitrogen and oxygen atoms in total. The van der Waals surface area contributed by atoms with E-state index >= 15 is 4.39 Å². The first kappa shape index (κ1) is 21.2. The largest absolute Gasteiger partial charge is 0.348 e. The van der Waals surface area contributed by atoms with Crippen LogP contribution in [0.5, 0.6) is 0 Å². The molecule has 1 aliphatic rings. The van der Waals surface area contributed by atoms with Gasteiger partial charge in [0.1, 0.15) is 22.5 Å². The smallest absolute Gasteiger partial charge is 0.183 e. The van der Waals surface area contributed by atoms with E-state index in [1.807, 2.05) is 18.2 Å². The molecule has 158 valence electrons. The van der Waals surface area contributed by atoms with Crippen molar-refractivity contribution < 1.29 is 22.6 Å². The van der Waals surface area contributed by atoms with E-state index in [0.29, 0.717) is 48.5 Å². The fourth-order valence-corrected chi connectivity index (χ4v) is 3.81. The van der Waals surface area contributed by atoms with Gasteiger partial charge < -0.3 is 9.47 Å². The van der Waals surface area contributed by atoms with Gasteiger partial charge in [0.25, 0.3) is 0 Å². The highest BCUT2D eigenvalue weighted by molar-refractivity contribution is 6.30. The van der Waals surface area contributed by atoms with Crippen molar-refractivity contribution in [2.45, 2.75) is 32.5 Å². The predicted octanol–water partition coefficient (Wildman–Crippen LogP) is 6.77. The van der Waals surface area contributed by atoms with Crippen molar-refractivity contribution in [3.63, 3.8) is 0 Å². The summed E-state index contributed by atoms with van der Waals surface area (Å²) in [5, 5.41) is 0.719.